The van der Waals surface area contributed by atoms with Crippen molar-refractivity contribution in [1.82, 2.24) is 0 Å². The van der Waals surface area contributed by atoms with Gasteiger partial charge in [-0.05, 0) is 30.9 Å². The minimum Gasteiger partial charge on any atom is -0.291 e. The summed E-state index contributed by atoms with van der Waals surface area (Å²) in [5, 5.41) is 0. The lowest BCUT2D eigenvalue weighted by Gasteiger charge is -2.26. The highest BCUT2D eigenvalue weighted by molar-refractivity contribution is 8.34. The molecule has 16 heavy (non-hydrogen) atoms. The molecule has 0 fully saturated rings. The topological polar surface area (TPSA) is 17.1 Å². The summed E-state index contributed by atoms with van der Waals surface area (Å²) in [6.45, 7) is 0. The predicted octanol–water partition coefficient (Wildman–Crippen LogP) is 3.75. The van der Waals surface area contributed by atoms with Crippen LogP contribution in [0.5, 0.6) is 0 Å². The van der Waals surface area contributed by atoms with Crippen LogP contribution in [0.4, 0.5) is 4.39 Å². The van der Waals surface area contributed by atoms with Crippen LogP contribution in [0, 0.1) is 5.82 Å². The Bertz CT molecular complexity index is 369. The van der Waals surface area contributed by atoms with Crippen molar-refractivity contribution >= 4 is 41.1 Å². The molecule has 0 atom stereocenters. The normalized spacial score (nSPS) is 11.5. The molecule has 0 unspecified atom stereocenters. The molecule has 88 valence electrons. The van der Waals surface area contributed by atoms with Gasteiger partial charge in [0.2, 0.25) is 5.78 Å². The molecule has 0 aliphatic carbocycles. The van der Waals surface area contributed by atoms with Crippen molar-refractivity contribution in [1.29, 1.82) is 0 Å². The van der Waals surface area contributed by atoms with Gasteiger partial charge in [0.15, 0.2) is 3.41 Å². The third kappa shape index (κ3) is 2.57. The number of ketones is 1. The van der Waals surface area contributed by atoms with Crippen molar-refractivity contribution in [3.8, 4) is 0 Å². The lowest BCUT2D eigenvalue weighted by molar-refractivity contribution is 0.0999. The van der Waals surface area contributed by atoms with E-state index in [1.54, 1.807) is 12.1 Å². The number of halogens is 1. The molecule has 0 aromatic heterocycles. The number of hydrogen-bond acceptors (Lipinski definition) is 4. The van der Waals surface area contributed by atoms with Gasteiger partial charge < -0.3 is 0 Å². The quantitative estimate of drug-likeness (QED) is 0.601. The van der Waals surface area contributed by atoms with E-state index in [2.05, 4.69) is 0 Å². The van der Waals surface area contributed by atoms with E-state index >= 15 is 0 Å². The fourth-order valence-electron chi connectivity index (χ4n) is 1.34. The molecular weight excluding hydrogens is 263 g/mol. The van der Waals surface area contributed by atoms with Gasteiger partial charge in [0.1, 0.15) is 5.82 Å². The third-order valence-corrected chi connectivity index (χ3v) is 7.37. The first-order valence-corrected chi connectivity index (χ1v) is 8.23. The van der Waals surface area contributed by atoms with E-state index in [1.807, 2.05) is 18.8 Å². The van der Waals surface area contributed by atoms with Gasteiger partial charge in [0.05, 0.1) is 5.56 Å². The zero-order chi connectivity index (χ0) is 12.2. The number of carbonyl (C=O) groups excluding carboxylic acids is 1. The summed E-state index contributed by atoms with van der Waals surface area (Å²) in [5.41, 5.74) is 0.167. The molecule has 0 N–H and O–H groups in total. The van der Waals surface area contributed by atoms with Crippen LogP contribution < -0.4 is 0 Å². The van der Waals surface area contributed by atoms with Crippen molar-refractivity contribution in [3.63, 3.8) is 0 Å². The second-order valence-electron chi connectivity index (χ2n) is 2.98. The molecule has 1 aromatic carbocycles. The van der Waals surface area contributed by atoms with E-state index < -0.39 is 9.23 Å². The van der Waals surface area contributed by atoms with Crippen molar-refractivity contribution in [2.45, 2.75) is 3.41 Å². The lowest BCUT2D eigenvalue weighted by atomic mass is 10.1. The second kappa shape index (κ2) is 5.98. The van der Waals surface area contributed by atoms with Crippen molar-refractivity contribution in [2.24, 2.45) is 0 Å². The minimum atomic E-state index is -0.651. The highest BCUT2D eigenvalue weighted by Crippen LogP contribution is 2.45. The van der Waals surface area contributed by atoms with Gasteiger partial charge in [-0.2, -0.15) is 0 Å². The highest BCUT2D eigenvalue weighted by atomic mass is 32.3. The molecule has 0 bridgehead atoms. The van der Waals surface area contributed by atoms with Gasteiger partial charge in [-0.3, -0.25) is 4.79 Å². The molecule has 5 heteroatoms. The molecule has 0 amide bonds. The fraction of sp³-hybridized carbons (Fsp3) is 0.364. The number of thioether (sulfide) groups is 3. The fourth-order valence-corrected chi connectivity index (χ4v) is 4.22. The summed E-state index contributed by atoms with van der Waals surface area (Å²) in [5.74, 6) is -0.618. The maximum atomic E-state index is 13.5. The maximum absolute atomic E-state index is 13.5. The Hall–Kier alpha value is -0.130. The van der Waals surface area contributed by atoms with E-state index in [-0.39, 0.29) is 11.3 Å². The molecule has 0 heterocycles. The number of benzene rings is 1. The predicted molar refractivity (Wildman–Crippen MR) is 74.0 cm³/mol. The molecule has 0 saturated carbocycles. The molecule has 0 saturated heterocycles. The Balaban J connectivity index is 3.14. The Morgan fingerprint density at radius 1 is 1.12 bits per heavy atom. The SMILES string of the molecule is CSC(SC)(SC)C(=O)c1ccccc1F. The van der Waals surface area contributed by atoms with Crippen LogP contribution in [0.1, 0.15) is 10.4 Å². The van der Waals surface area contributed by atoms with Gasteiger partial charge in [0.25, 0.3) is 0 Å². The average Bonchev–Trinajstić information content (AvgIpc) is 2.32. The second-order valence-corrected chi connectivity index (χ2v) is 6.81. The highest BCUT2D eigenvalue weighted by Gasteiger charge is 2.37. The average molecular weight is 276 g/mol. The van der Waals surface area contributed by atoms with Crippen molar-refractivity contribution in [2.75, 3.05) is 18.8 Å². The molecule has 0 spiro atoms. The van der Waals surface area contributed by atoms with Crippen LogP contribution in [0.3, 0.4) is 0 Å². The Morgan fingerprint density at radius 2 is 1.62 bits per heavy atom. The van der Waals surface area contributed by atoms with Crippen LogP contribution >= 0.6 is 35.3 Å². The standard InChI is InChI=1S/C11H13FOS3/c1-14-11(15-2,16-3)10(13)8-6-4-5-7-9(8)12/h4-7H,1-3H3. The third-order valence-electron chi connectivity index (χ3n) is 2.20. The minimum absolute atomic E-state index is 0.167. The Kier molecular flexibility index (Phi) is 5.21. The van der Waals surface area contributed by atoms with E-state index in [1.165, 1.54) is 47.4 Å². The van der Waals surface area contributed by atoms with E-state index in [0.717, 1.165) is 0 Å². The molecule has 0 radical (unpaired) electrons. The summed E-state index contributed by atoms with van der Waals surface area (Å²) < 4.78 is 12.9. The zero-order valence-electron chi connectivity index (χ0n) is 9.32. The summed E-state index contributed by atoms with van der Waals surface area (Å²) in [7, 11) is 0. The van der Waals surface area contributed by atoms with Gasteiger partial charge in [-0.25, -0.2) is 4.39 Å². The molecule has 0 aliphatic rings. The van der Waals surface area contributed by atoms with Crippen molar-refractivity contribution < 1.29 is 9.18 Å². The van der Waals surface area contributed by atoms with E-state index in [9.17, 15) is 9.18 Å². The van der Waals surface area contributed by atoms with Gasteiger partial charge in [0, 0.05) is 0 Å². The Labute approximate surface area is 108 Å². The van der Waals surface area contributed by atoms with Crippen LogP contribution in [0.15, 0.2) is 24.3 Å². The van der Waals surface area contributed by atoms with Gasteiger partial charge >= 0.3 is 0 Å². The van der Waals surface area contributed by atoms with E-state index in [0.29, 0.717) is 0 Å². The summed E-state index contributed by atoms with van der Waals surface area (Å²) in [6.07, 6.45) is 5.60. The monoisotopic (exact) mass is 276 g/mol. The number of hydrogen-bond donors (Lipinski definition) is 0. The van der Waals surface area contributed by atoms with Gasteiger partial charge in [-0.15, -0.1) is 35.3 Å². The van der Waals surface area contributed by atoms with Crippen LogP contribution in [0.25, 0.3) is 0 Å². The van der Waals surface area contributed by atoms with Crippen LogP contribution in [0.2, 0.25) is 0 Å². The first-order chi connectivity index (χ1) is 7.61. The molecule has 1 aromatic rings. The van der Waals surface area contributed by atoms with E-state index in [4.69, 9.17) is 0 Å². The zero-order valence-corrected chi connectivity index (χ0v) is 11.8. The van der Waals surface area contributed by atoms with Gasteiger partial charge in [-0.1, -0.05) is 12.1 Å². The summed E-state index contributed by atoms with van der Waals surface area (Å²) in [4.78, 5) is 12.3. The maximum Gasteiger partial charge on any atom is 0.202 e. The van der Waals surface area contributed by atoms with Crippen molar-refractivity contribution in [3.05, 3.63) is 35.6 Å². The number of Topliss-reactive ketones (excluding diaryl/α,β-unsaturated/α-hetero) is 1. The lowest BCUT2D eigenvalue weighted by Crippen LogP contribution is -2.27. The summed E-state index contributed by atoms with van der Waals surface area (Å²) >= 11 is 4.32. The number of carbonyl (C=O) groups is 1. The van der Waals surface area contributed by atoms with Crippen LogP contribution in [-0.2, 0) is 0 Å². The summed E-state index contributed by atoms with van der Waals surface area (Å²) in [6, 6.07) is 6.13. The largest absolute Gasteiger partial charge is 0.291 e. The molecule has 1 rings (SSSR count). The van der Waals surface area contributed by atoms with Crippen LogP contribution in [-0.4, -0.2) is 28.0 Å². The first-order valence-electron chi connectivity index (χ1n) is 4.56. The smallest absolute Gasteiger partial charge is 0.202 e. The molecular formula is C11H13FOS3. The number of rotatable bonds is 5. The molecule has 0 aliphatic heterocycles. The Morgan fingerprint density at radius 3 is 2.06 bits per heavy atom. The first kappa shape index (κ1) is 13.9. The molecule has 1 nitrogen and oxygen atoms in total.